The van der Waals surface area contributed by atoms with E-state index in [0.29, 0.717) is 11.8 Å². The number of nitrogens with one attached hydrogen (secondary N) is 2. The van der Waals surface area contributed by atoms with Crippen molar-refractivity contribution in [2.75, 3.05) is 6.61 Å². The van der Waals surface area contributed by atoms with Crippen LogP contribution in [0.4, 0.5) is 4.39 Å². The fourth-order valence-corrected chi connectivity index (χ4v) is 3.93. The normalized spacial score (nSPS) is 16.7. The van der Waals surface area contributed by atoms with Crippen molar-refractivity contribution in [2.24, 2.45) is 0 Å². The predicted molar refractivity (Wildman–Crippen MR) is 107 cm³/mol. The zero-order valence-electron chi connectivity index (χ0n) is 15.3. The van der Waals surface area contributed by atoms with Crippen LogP contribution in [0.25, 0.3) is 11.3 Å². The Hall–Kier alpha value is -2.80. The van der Waals surface area contributed by atoms with Crippen LogP contribution >= 0.6 is 11.8 Å². The van der Waals surface area contributed by atoms with Gasteiger partial charge in [0.05, 0.1) is 29.8 Å². The molecule has 144 valence electrons. The molecular weight excluding hydrogens is 377 g/mol. The number of hydrogen-bond donors (Lipinski definition) is 2. The molecule has 2 N–H and O–H groups in total. The Morgan fingerprint density at radius 3 is 2.89 bits per heavy atom. The Balaban J connectivity index is 1.40. The maximum absolute atomic E-state index is 13.1. The Morgan fingerprint density at radius 1 is 1.29 bits per heavy atom. The first-order valence-corrected chi connectivity index (χ1v) is 9.98. The van der Waals surface area contributed by atoms with E-state index in [4.69, 9.17) is 4.74 Å². The van der Waals surface area contributed by atoms with Gasteiger partial charge in [0.25, 0.3) is 0 Å². The number of carbonyl (C=O) groups excluding carboxylic acids is 1. The third-order valence-electron chi connectivity index (χ3n) is 4.64. The summed E-state index contributed by atoms with van der Waals surface area (Å²) in [4.78, 5) is 20.2. The van der Waals surface area contributed by atoms with Gasteiger partial charge in [-0.2, -0.15) is 0 Å². The summed E-state index contributed by atoms with van der Waals surface area (Å²) in [7, 11) is 0. The van der Waals surface area contributed by atoms with Crippen molar-refractivity contribution >= 4 is 17.7 Å². The van der Waals surface area contributed by atoms with Crippen molar-refractivity contribution in [3.05, 3.63) is 66.1 Å². The van der Waals surface area contributed by atoms with Crippen LogP contribution in [0.1, 0.15) is 24.9 Å². The third kappa shape index (κ3) is 4.04. The molecule has 4 rings (SSSR count). The number of hydrogen-bond acceptors (Lipinski definition) is 4. The van der Waals surface area contributed by atoms with Gasteiger partial charge in [-0.15, -0.1) is 0 Å². The fraction of sp³-hybridized carbons (Fsp3) is 0.238. The average Bonchev–Trinajstić information content (AvgIpc) is 3.17. The molecule has 2 atom stereocenters. The van der Waals surface area contributed by atoms with E-state index in [1.807, 2.05) is 31.2 Å². The number of ether oxygens (including phenoxy) is 1. The van der Waals surface area contributed by atoms with Crippen LogP contribution in [-0.4, -0.2) is 27.7 Å². The number of fused-ring (bicyclic) bond motifs is 1. The van der Waals surface area contributed by atoms with E-state index in [1.165, 1.54) is 23.9 Å². The van der Waals surface area contributed by atoms with Gasteiger partial charge < -0.3 is 15.0 Å². The molecule has 0 bridgehead atoms. The number of carbonyl (C=O) groups is 1. The van der Waals surface area contributed by atoms with Gasteiger partial charge in [-0.1, -0.05) is 30.0 Å². The van der Waals surface area contributed by atoms with Crippen LogP contribution in [0, 0.1) is 5.82 Å². The van der Waals surface area contributed by atoms with Crippen molar-refractivity contribution in [1.29, 1.82) is 0 Å². The maximum Gasteiger partial charge on any atom is 0.233 e. The van der Waals surface area contributed by atoms with Gasteiger partial charge in [0.2, 0.25) is 5.91 Å². The second kappa shape index (κ2) is 8.06. The molecule has 0 radical (unpaired) electrons. The second-order valence-electron chi connectivity index (χ2n) is 6.61. The van der Waals surface area contributed by atoms with Gasteiger partial charge in [-0.3, -0.25) is 4.79 Å². The average molecular weight is 397 g/mol. The molecule has 28 heavy (non-hydrogen) atoms. The number of halogens is 1. The fourth-order valence-electron chi connectivity index (χ4n) is 3.14. The van der Waals surface area contributed by atoms with E-state index < -0.39 is 0 Å². The number of rotatable bonds is 5. The summed E-state index contributed by atoms with van der Waals surface area (Å²) in [6.07, 6.45) is 2.44. The van der Waals surface area contributed by atoms with Crippen molar-refractivity contribution in [3.63, 3.8) is 0 Å². The lowest BCUT2D eigenvalue weighted by Gasteiger charge is -2.27. The summed E-state index contributed by atoms with van der Waals surface area (Å²) >= 11 is 1.36. The molecule has 0 saturated heterocycles. The molecule has 0 saturated carbocycles. The number of imidazole rings is 1. The lowest BCUT2D eigenvalue weighted by Crippen LogP contribution is -2.36. The maximum atomic E-state index is 13.1. The summed E-state index contributed by atoms with van der Waals surface area (Å²) in [6, 6.07) is 13.9. The number of aromatic nitrogens is 2. The zero-order valence-corrected chi connectivity index (χ0v) is 16.1. The summed E-state index contributed by atoms with van der Waals surface area (Å²) in [5.74, 6) is 0.499. The molecular formula is C21H20FN3O2S. The summed E-state index contributed by atoms with van der Waals surface area (Å²) in [6.45, 7) is 2.44. The van der Waals surface area contributed by atoms with Crippen molar-refractivity contribution in [2.45, 2.75) is 29.8 Å². The van der Waals surface area contributed by atoms with E-state index >= 15 is 0 Å². The molecule has 0 fully saturated rings. The molecule has 1 amide bonds. The van der Waals surface area contributed by atoms with Crippen LogP contribution in [0.2, 0.25) is 0 Å². The minimum absolute atomic E-state index is 0.0492. The van der Waals surface area contributed by atoms with Crippen molar-refractivity contribution in [1.82, 2.24) is 15.3 Å². The summed E-state index contributed by atoms with van der Waals surface area (Å²) in [5.41, 5.74) is 2.64. The van der Waals surface area contributed by atoms with Crippen LogP contribution < -0.4 is 10.1 Å². The summed E-state index contributed by atoms with van der Waals surface area (Å²) < 4.78 is 18.7. The number of para-hydroxylation sites is 1. The Bertz CT molecular complexity index is 974. The molecule has 1 aliphatic heterocycles. The molecule has 2 unspecified atom stereocenters. The van der Waals surface area contributed by atoms with Crippen LogP contribution in [0.15, 0.2) is 59.9 Å². The van der Waals surface area contributed by atoms with E-state index in [-0.39, 0.29) is 23.0 Å². The molecule has 2 aromatic carbocycles. The first kappa shape index (κ1) is 18.6. The lowest BCUT2D eigenvalue weighted by atomic mass is 10.0. The highest BCUT2D eigenvalue weighted by Gasteiger charge is 2.25. The standard InChI is InChI=1S/C21H20FN3O2S/c1-13(20(26)24-17-10-11-27-19-5-3-2-4-16(17)19)28-21-23-12-18(25-21)14-6-8-15(22)9-7-14/h2-9,12-13,17H,10-11H2,1H3,(H,23,25)(H,24,26). The zero-order chi connectivity index (χ0) is 19.5. The number of benzene rings is 2. The van der Waals surface area contributed by atoms with Crippen molar-refractivity contribution in [3.8, 4) is 17.0 Å². The Labute approximate surface area is 166 Å². The number of amides is 1. The van der Waals surface area contributed by atoms with Gasteiger partial charge in [0, 0.05) is 12.0 Å². The lowest BCUT2D eigenvalue weighted by molar-refractivity contribution is -0.121. The van der Waals surface area contributed by atoms with Crippen LogP contribution in [-0.2, 0) is 4.79 Å². The van der Waals surface area contributed by atoms with Crippen molar-refractivity contribution < 1.29 is 13.9 Å². The van der Waals surface area contributed by atoms with Crippen LogP contribution in [0.3, 0.4) is 0 Å². The van der Waals surface area contributed by atoms with Gasteiger partial charge in [0.15, 0.2) is 5.16 Å². The largest absolute Gasteiger partial charge is 0.493 e. The molecule has 3 aromatic rings. The molecule has 1 aliphatic rings. The smallest absolute Gasteiger partial charge is 0.233 e. The van der Waals surface area contributed by atoms with E-state index in [9.17, 15) is 9.18 Å². The minimum atomic E-state index is -0.317. The molecule has 2 heterocycles. The highest BCUT2D eigenvalue weighted by atomic mass is 32.2. The number of H-pyrrole nitrogens is 1. The van der Waals surface area contributed by atoms with Gasteiger partial charge in [-0.25, -0.2) is 9.37 Å². The van der Waals surface area contributed by atoms with Gasteiger partial charge in [-0.05, 0) is 42.8 Å². The Morgan fingerprint density at radius 2 is 2.07 bits per heavy atom. The summed E-state index contributed by atoms with van der Waals surface area (Å²) in [5, 5.41) is 3.45. The predicted octanol–water partition coefficient (Wildman–Crippen LogP) is 4.34. The molecule has 0 spiro atoms. The quantitative estimate of drug-likeness (QED) is 0.629. The minimum Gasteiger partial charge on any atom is -0.493 e. The molecule has 0 aliphatic carbocycles. The first-order valence-electron chi connectivity index (χ1n) is 9.10. The van der Waals surface area contributed by atoms with Gasteiger partial charge in [0.1, 0.15) is 11.6 Å². The molecule has 5 nitrogen and oxygen atoms in total. The van der Waals surface area contributed by atoms with Gasteiger partial charge >= 0.3 is 0 Å². The number of thioether (sulfide) groups is 1. The van der Waals surface area contributed by atoms with E-state index in [0.717, 1.165) is 29.0 Å². The van der Waals surface area contributed by atoms with E-state index in [1.54, 1.807) is 18.3 Å². The first-order chi connectivity index (χ1) is 13.6. The SMILES string of the molecule is CC(Sc1ncc(-c2ccc(F)cc2)[nH]1)C(=O)NC1CCOc2ccccc21. The topological polar surface area (TPSA) is 67.0 Å². The monoisotopic (exact) mass is 397 g/mol. The molecule has 7 heteroatoms. The molecule has 1 aromatic heterocycles. The second-order valence-corrected chi connectivity index (χ2v) is 7.93. The third-order valence-corrected chi connectivity index (χ3v) is 5.64. The number of aromatic amines is 1. The Kier molecular flexibility index (Phi) is 5.34. The highest BCUT2D eigenvalue weighted by molar-refractivity contribution is 8.00. The van der Waals surface area contributed by atoms with E-state index in [2.05, 4.69) is 15.3 Å². The highest BCUT2D eigenvalue weighted by Crippen LogP contribution is 2.32. The number of nitrogens with zero attached hydrogens (tertiary/aromatic N) is 1. The van der Waals surface area contributed by atoms with Crippen LogP contribution in [0.5, 0.6) is 5.75 Å².